The molecule has 7 aromatic carbocycles. The Labute approximate surface area is 270 Å². The number of nitriles is 1. The van der Waals surface area contributed by atoms with E-state index in [-0.39, 0.29) is 21.1 Å². The van der Waals surface area contributed by atoms with Crippen LogP contribution >= 0.6 is 23.2 Å². The first kappa shape index (κ1) is 27.7. The maximum Gasteiger partial charge on any atom is 0.150 e. The van der Waals surface area contributed by atoms with E-state index in [4.69, 9.17) is 23.2 Å². The fourth-order valence-electron chi connectivity index (χ4n) is 7.09. The van der Waals surface area contributed by atoms with Crippen molar-refractivity contribution in [3.05, 3.63) is 148 Å². The molecule has 0 heterocycles. The lowest BCUT2D eigenvalue weighted by Gasteiger charge is -2.27. The summed E-state index contributed by atoms with van der Waals surface area (Å²) in [6, 6.07) is 40.0. The van der Waals surface area contributed by atoms with Gasteiger partial charge in [0.15, 0.2) is 0 Å². The van der Waals surface area contributed by atoms with E-state index in [2.05, 4.69) is 86.6 Å². The molecule has 0 unspecified atom stereocenters. The van der Waals surface area contributed by atoms with Gasteiger partial charge in [-0.3, -0.25) is 0 Å². The summed E-state index contributed by atoms with van der Waals surface area (Å²) in [6.45, 7) is 4.64. The summed E-state index contributed by atoms with van der Waals surface area (Å²) in [5.41, 5.74) is 6.87. The first-order chi connectivity index (χ1) is 21.8. The van der Waals surface area contributed by atoms with E-state index in [1.165, 1.54) is 55.6 Å². The van der Waals surface area contributed by atoms with Gasteiger partial charge in [-0.05, 0) is 115 Å². The van der Waals surface area contributed by atoms with Crippen molar-refractivity contribution < 1.29 is 4.39 Å². The van der Waals surface area contributed by atoms with Gasteiger partial charge in [-0.25, -0.2) is 4.39 Å². The minimum Gasteiger partial charge on any atom is -0.306 e. The van der Waals surface area contributed by atoms with Crippen molar-refractivity contribution in [1.82, 2.24) is 0 Å². The number of nitrogens with zero attached hydrogens (tertiary/aromatic N) is 2. The molecule has 1 aliphatic rings. The average Bonchev–Trinajstić information content (AvgIpc) is 3.28. The molecule has 2 nitrogen and oxygen atoms in total. The van der Waals surface area contributed by atoms with Gasteiger partial charge in [0, 0.05) is 21.8 Å². The quantitative estimate of drug-likeness (QED) is 0.182. The van der Waals surface area contributed by atoms with Gasteiger partial charge in [-0.2, -0.15) is 5.26 Å². The van der Waals surface area contributed by atoms with Crippen LogP contribution in [0.5, 0.6) is 0 Å². The van der Waals surface area contributed by atoms with Crippen LogP contribution in [0.3, 0.4) is 0 Å². The van der Waals surface area contributed by atoms with Crippen molar-refractivity contribution in [1.29, 1.82) is 5.26 Å². The molecule has 7 aromatic rings. The van der Waals surface area contributed by atoms with Gasteiger partial charge in [0.1, 0.15) is 11.5 Å². The molecule has 0 aliphatic heterocycles. The molecule has 0 radical (unpaired) electrons. The van der Waals surface area contributed by atoms with E-state index < -0.39 is 5.82 Å². The van der Waals surface area contributed by atoms with E-state index in [0.717, 1.165) is 16.8 Å². The number of halogens is 3. The predicted molar refractivity (Wildman–Crippen MR) is 186 cm³/mol. The maximum absolute atomic E-state index is 15.5. The number of hydrogen-bond donors (Lipinski definition) is 0. The van der Waals surface area contributed by atoms with E-state index in [9.17, 15) is 5.26 Å². The van der Waals surface area contributed by atoms with Crippen molar-refractivity contribution in [3.8, 4) is 17.2 Å². The van der Waals surface area contributed by atoms with E-state index in [1.54, 1.807) is 29.2 Å². The third-order valence-electron chi connectivity index (χ3n) is 9.23. The summed E-state index contributed by atoms with van der Waals surface area (Å²) in [5.74, 6) is -0.544. The van der Waals surface area contributed by atoms with Crippen molar-refractivity contribution in [2.45, 2.75) is 19.3 Å². The summed E-state index contributed by atoms with van der Waals surface area (Å²) in [4.78, 5) is 1.76. The standard InChI is InChI=1S/C40H25Cl2FN2/c1-40(2)33-9-5-8-30-31(21-32-29-7-4-3-6-25(29)18-34(40)38(32)37(30)33)24-12-16-28(17-13-24)45(27-14-10-23(22-44)11-15-27)39-35(42)19-26(41)20-36(39)43/h3-21H,1-2H3. The molecule has 0 saturated heterocycles. The summed E-state index contributed by atoms with van der Waals surface area (Å²) < 4.78 is 15.5. The molecular formula is C40H25Cl2FN2. The van der Waals surface area contributed by atoms with Crippen LogP contribution in [0.25, 0.3) is 43.4 Å². The van der Waals surface area contributed by atoms with Gasteiger partial charge in [-0.1, -0.05) is 91.6 Å². The minimum absolute atomic E-state index is 0.115. The normalized spacial score (nSPS) is 13.2. The Kier molecular flexibility index (Phi) is 6.19. The van der Waals surface area contributed by atoms with Gasteiger partial charge >= 0.3 is 0 Å². The molecule has 0 saturated carbocycles. The molecule has 0 bridgehead atoms. The fraction of sp³-hybridized carbons (Fsp3) is 0.0750. The zero-order chi connectivity index (χ0) is 31.0. The predicted octanol–water partition coefficient (Wildman–Crippen LogP) is 12.2. The first-order valence-electron chi connectivity index (χ1n) is 14.7. The Morgan fingerprint density at radius 3 is 2.07 bits per heavy atom. The molecule has 1 aliphatic carbocycles. The van der Waals surface area contributed by atoms with E-state index in [0.29, 0.717) is 11.3 Å². The Hall–Kier alpha value is -4.88. The second-order valence-electron chi connectivity index (χ2n) is 12.1. The molecule has 0 fully saturated rings. The topological polar surface area (TPSA) is 27.0 Å². The Morgan fingerprint density at radius 1 is 0.689 bits per heavy atom. The largest absolute Gasteiger partial charge is 0.306 e. The smallest absolute Gasteiger partial charge is 0.150 e. The highest BCUT2D eigenvalue weighted by molar-refractivity contribution is 6.36. The number of anilines is 3. The molecule has 45 heavy (non-hydrogen) atoms. The van der Waals surface area contributed by atoms with Gasteiger partial charge in [0.25, 0.3) is 0 Å². The lowest BCUT2D eigenvalue weighted by atomic mass is 9.81. The number of fused-ring (bicyclic) bond motifs is 2. The van der Waals surface area contributed by atoms with Crippen LogP contribution < -0.4 is 4.90 Å². The molecule has 5 heteroatoms. The van der Waals surface area contributed by atoms with Crippen molar-refractivity contribution >= 4 is 72.6 Å². The number of rotatable bonds is 4. The van der Waals surface area contributed by atoms with Gasteiger partial charge < -0.3 is 4.90 Å². The molecule has 0 atom stereocenters. The van der Waals surface area contributed by atoms with E-state index >= 15 is 4.39 Å². The van der Waals surface area contributed by atoms with Crippen molar-refractivity contribution in [2.75, 3.05) is 4.90 Å². The second kappa shape index (κ2) is 10.1. The van der Waals surface area contributed by atoms with Gasteiger partial charge in [0.05, 0.1) is 16.7 Å². The van der Waals surface area contributed by atoms with Crippen LogP contribution in [0.1, 0.15) is 30.5 Å². The molecule has 216 valence electrons. The Morgan fingerprint density at radius 2 is 1.36 bits per heavy atom. The van der Waals surface area contributed by atoms with Crippen LogP contribution in [-0.2, 0) is 5.41 Å². The van der Waals surface area contributed by atoms with Crippen molar-refractivity contribution in [3.63, 3.8) is 0 Å². The number of benzene rings is 7. The van der Waals surface area contributed by atoms with E-state index in [1.807, 2.05) is 12.1 Å². The highest BCUT2D eigenvalue weighted by atomic mass is 35.5. The lowest BCUT2D eigenvalue weighted by molar-refractivity contribution is 0.629. The molecule has 0 aromatic heterocycles. The van der Waals surface area contributed by atoms with Gasteiger partial charge in [-0.15, -0.1) is 0 Å². The van der Waals surface area contributed by atoms with Crippen LogP contribution in [0.15, 0.2) is 115 Å². The monoisotopic (exact) mass is 622 g/mol. The second-order valence-corrected chi connectivity index (χ2v) is 12.9. The summed E-state index contributed by atoms with van der Waals surface area (Å²) in [6.07, 6.45) is 0. The van der Waals surface area contributed by atoms with Crippen molar-refractivity contribution in [2.24, 2.45) is 0 Å². The summed E-state index contributed by atoms with van der Waals surface area (Å²) in [5, 5.41) is 17.3. The molecule has 0 spiro atoms. The van der Waals surface area contributed by atoms with Gasteiger partial charge in [0.2, 0.25) is 0 Å². The highest BCUT2D eigenvalue weighted by Gasteiger charge is 2.35. The zero-order valence-electron chi connectivity index (χ0n) is 24.5. The lowest BCUT2D eigenvalue weighted by Crippen LogP contribution is -2.15. The van der Waals surface area contributed by atoms with Crippen LogP contribution in [-0.4, -0.2) is 0 Å². The maximum atomic E-state index is 15.5. The van der Waals surface area contributed by atoms with Crippen LogP contribution in [0, 0.1) is 17.1 Å². The third-order valence-corrected chi connectivity index (χ3v) is 9.73. The van der Waals surface area contributed by atoms with Crippen LogP contribution in [0.4, 0.5) is 21.5 Å². The molecule has 8 rings (SSSR count). The summed E-state index contributed by atoms with van der Waals surface area (Å²) >= 11 is 12.7. The highest BCUT2D eigenvalue weighted by Crippen LogP contribution is 2.52. The average molecular weight is 624 g/mol. The Bertz CT molecular complexity index is 2360. The molecular weight excluding hydrogens is 598 g/mol. The Balaban J connectivity index is 1.35. The molecule has 0 N–H and O–H groups in total. The zero-order valence-corrected chi connectivity index (χ0v) is 26.0. The third kappa shape index (κ3) is 4.14. The SMILES string of the molecule is CC1(C)c2cccc3c(-c4ccc(N(c5ccc(C#N)cc5)c5c(F)cc(Cl)cc5Cl)cc4)cc4c5ccccc5cc1c4c23. The summed E-state index contributed by atoms with van der Waals surface area (Å²) in [7, 11) is 0. The molecule has 0 amide bonds. The van der Waals surface area contributed by atoms with Crippen LogP contribution in [0.2, 0.25) is 10.0 Å². The minimum atomic E-state index is -0.544. The fourth-order valence-corrected chi connectivity index (χ4v) is 7.64. The first-order valence-corrected chi connectivity index (χ1v) is 15.5. The number of hydrogen-bond acceptors (Lipinski definition) is 2.